The molecule has 1 aliphatic rings. The van der Waals surface area contributed by atoms with Crippen molar-refractivity contribution in [3.63, 3.8) is 0 Å². The maximum atomic E-state index is 12.7. The highest BCUT2D eigenvalue weighted by molar-refractivity contribution is 7.89. The molecule has 25 heavy (non-hydrogen) atoms. The van der Waals surface area contributed by atoms with Crippen LogP contribution in [0.25, 0.3) is 0 Å². The predicted molar refractivity (Wildman–Crippen MR) is 93.2 cm³/mol. The highest BCUT2D eigenvalue weighted by Gasteiger charge is 2.32. The first-order valence-corrected chi connectivity index (χ1v) is 9.78. The molecule has 1 fully saturated rings. The molecule has 1 N–H and O–H groups in total. The third kappa shape index (κ3) is 4.11. The summed E-state index contributed by atoms with van der Waals surface area (Å²) in [5, 5.41) is 2.85. The highest BCUT2D eigenvalue weighted by Crippen LogP contribution is 2.24. The van der Waals surface area contributed by atoms with E-state index in [1.807, 2.05) is 13.0 Å². The number of rotatable bonds is 5. The van der Waals surface area contributed by atoms with Gasteiger partial charge in [-0.1, -0.05) is 12.1 Å². The Morgan fingerprint density at radius 1 is 1.24 bits per heavy atom. The molecule has 0 aliphatic carbocycles. The van der Waals surface area contributed by atoms with Crippen LogP contribution in [0.1, 0.15) is 24.2 Å². The number of piperidine rings is 1. The number of hydrogen-bond acceptors (Lipinski definition) is 4. The maximum absolute atomic E-state index is 12.7. The minimum atomic E-state index is -3.49. The fourth-order valence-electron chi connectivity index (χ4n) is 3.01. The average Bonchev–Trinajstić information content (AvgIpc) is 3.13. The summed E-state index contributed by atoms with van der Waals surface area (Å²) in [6, 6.07) is 10.5. The van der Waals surface area contributed by atoms with E-state index < -0.39 is 10.0 Å². The van der Waals surface area contributed by atoms with E-state index in [0.29, 0.717) is 43.1 Å². The topological polar surface area (TPSA) is 79.6 Å². The molecule has 1 saturated heterocycles. The van der Waals surface area contributed by atoms with Crippen molar-refractivity contribution in [1.82, 2.24) is 9.62 Å². The molecule has 7 heteroatoms. The van der Waals surface area contributed by atoms with Crippen molar-refractivity contribution in [3.8, 4) is 0 Å². The molecule has 2 aromatic rings. The van der Waals surface area contributed by atoms with E-state index in [0.717, 1.165) is 5.56 Å². The second-order valence-corrected chi connectivity index (χ2v) is 8.23. The number of aryl methyl sites for hydroxylation is 1. The SMILES string of the molecule is Cc1cccc(S(=O)(=O)N2CCC(C(=O)NCc3ccco3)CC2)c1. The molecule has 0 atom stereocenters. The molecular formula is C18H22N2O4S. The third-order valence-electron chi connectivity index (χ3n) is 4.47. The van der Waals surface area contributed by atoms with Crippen LogP contribution in [0.5, 0.6) is 0 Å². The van der Waals surface area contributed by atoms with Crippen molar-refractivity contribution in [2.75, 3.05) is 13.1 Å². The first-order chi connectivity index (χ1) is 12.0. The standard InChI is InChI=1S/C18H22N2O4S/c1-14-4-2-6-17(12-14)25(22,23)20-9-7-15(8-10-20)18(21)19-13-16-5-3-11-24-16/h2-6,11-12,15H,7-10,13H2,1H3,(H,19,21). The van der Waals surface area contributed by atoms with E-state index in [2.05, 4.69) is 5.32 Å². The number of benzene rings is 1. The lowest BCUT2D eigenvalue weighted by Gasteiger charge is -2.30. The largest absolute Gasteiger partial charge is 0.467 e. The molecule has 1 aromatic heterocycles. The van der Waals surface area contributed by atoms with Crippen molar-refractivity contribution >= 4 is 15.9 Å². The van der Waals surface area contributed by atoms with Crippen molar-refractivity contribution < 1.29 is 17.6 Å². The number of carbonyl (C=O) groups excluding carboxylic acids is 1. The van der Waals surface area contributed by atoms with Gasteiger partial charge in [0.25, 0.3) is 0 Å². The summed E-state index contributed by atoms with van der Waals surface area (Å²) in [6.45, 7) is 2.94. The van der Waals surface area contributed by atoms with Gasteiger partial charge < -0.3 is 9.73 Å². The molecule has 1 aromatic carbocycles. The molecule has 0 saturated carbocycles. The third-order valence-corrected chi connectivity index (χ3v) is 6.36. The van der Waals surface area contributed by atoms with E-state index in [-0.39, 0.29) is 11.8 Å². The fraction of sp³-hybridized carbons (Fsp3) is 0.389. The van der Waals surface area contributed by atoms with E-state index in [4.69, 9.17) is 4.42 Å². The number of sulfonamides is 1. The highest BCUT2D eigenvalue weighted by atomic mass is 32.2. The number of furan rings is 1. The Morgan fingerprint density at radius 3 is 2.64 bits per heavy atom. The van der Waals surface area contributed by atoms with Gasteiger partial charge in [0.1, 0.15) is 5.76 Å². The Kier molecular flexibility index (Phi) is 5.24. The van der Waals surface area contributed by atoms with Gasteiger partial charge in [0.05, 0.1) is 17.7 Å². The number of hydrogen-bond donors (Lipinski definition) is 1. The van der Waals surface area contributed by atoms with Crippen LogP contribution in [-0.4, -0.2) is 31.7 Å². The first kappa shape index (κ1) is 17.7. The van der Waals surface area contributed by atoms with E-state index in [9.17, 15) is 13.2 Å². The van der Waals surface area contributed by atoms with Crippen LogP contribution in [0.3, 0.4) is 0 Å². The maximum Gasteiger partial charge on any atom is 0.243 e. The summed E-state index contributed by atoms with van der Waals surface area (Å²) < 4.78 is 32.1. The zero-order valence-electron chi connectivity index (χ0n) is 14.1. The molecule has 0 bridgehead atoms. The molecule has 2 heterocycles. The summed E-state index contributed by atoms with van der Waals surface area (Å²) >= 11 is 0. The van der Waals surface area contributed by atoms with Gasteiger partial charge in [-0.25, -0.2) is 8.42 Å². The summed E-state index contributed by atoms with van der Waals surface area (Å²) in [6.07, 6.45) is 2.61. The predicted octanol–water partition coefficient (Wildman–Crippen LogP) is 2.31. The Labute approximate surface area is 147 Å². The van der Waals surface area contributed by atoms with Crippen LogP contribution in [0.2, 0.25) is 0 Å². The second-order valence-electron chi connectivity index (χ2n) is 6.29. The van der Waals surface area contributed by atoms with Crippen LogP contribution in [-0.2, 0) is 21.4 Å². The number of nitrogens with one attached hydrogen (secondary N) is 1. The monoisotopic (exact) mass is 362 g/mol. The van der Waals surface area contributed by atoms with E-state index >= 15 is 0 Å². The van der Waals surface area contributed by atoms with Crippen molar-refractivity contribution in [2.45, 2.75) is 31.2 Å². The van der Waals surface area contributed by atoms with Gasteiger partial charge in [-0.05, 0) is 49.6 Å². The zero-order chi connectivity index (χ0) is 17.9. The number of carbonyl (C=O) groups is 1. The summed E-state index contributed by atoms with van der Waals surface area (Å²) in [7, 11) is -3.49. The Morgan fingerprint density at radius 2 is 2.00 bits per heavy atom. The van der Waals surface area contributed by atoms with Crippen LogP contribution < -0.4 is 5.32 Å². The lowest BCUT2D eigenvalue weighted by molar-refractivity contribution is -0.126. The molecular weight excluding hydrogens is 340 g/mol. The van der Waals surface area contributed by atoms with Crippen molar-refractivity contribution in [3.05, 3.63) is 54.0 Å². The Bertz CT molecular complexity index is 823. The average molecular weight is 362 g/mol. The van der Waals surface area contributed by atoms with Crippen molar-refractivity contribution in [2.24, 2.45) is 5.92 Å². The van der Waals surface area contributed by atoms with Gasteiger partial charge in [-0.15, -0.1) is 0 Å². The van der Waals surface area contributed by atoms with Gasteiger partial charge in [-0.3, -0.25) is 4.79 Å². The number of amides is 1. The van der Waals surface area contributed by atoms with E-state index in [1.54, 1.807) is 36.6 Å². The van der Waals surface area contributed by atoms with E-state index in [1.165, 1.54) is 4.31 Å². The van der Waals surface area contributed by atoms with Gasteiger partial charge in [0.15, 0.2) is 0 Å². The second kappa shape index (κ2) is 7.41. The lowest BCUT2D eigenvalue weighted by atomic mass is 9.97. The molecule has 3 rings (SSSR count). The normalized spacial score (nSPS) is 16.7. The zero-order valence-corrected chi connectivity index (χ0v) is 15.0. The molecule has 0 unspecified atom stereocenters. The van der Waals surface area contributed by atoms with Gasteiger partial charge in [0, 0.05) is 19.0 Å². The van der Waals surface area contributed by atoms with Crippen molar-refractivity contribution in [1.29, 1.82) is 0 Å². The first-order valence-electron chi connectivity index (χ1n) is 8.34. The smallest absolute Gasteiger partial charge is 0.243 e. The van der Waals surface area contributed by atoms with Crippen LogP contribution in [0.15, 0.2) is 52.0 Å². The quantitative estimate of drug-likeness (QED) is 0.885. The molecule has 134 valence electrons. The minimum Gasteiger partial charge on any atom is -0.467 e. The van der Waals surface area contributed by atoms with Crippen LogP contribution in [0, 0.1) is 12.8 Å². The Balaban J connectivity index is 1.57. The molecule has 6 nitrogen and oxygen atoms in total. The molecule has 0 spiro atoms. The minimum absolute atomic E-state index is 0.0518. The van der Waals surface area contributed by atoms with Gasteiger partial charge >= 0.3 is 0 Å². The molecule has 0 radical (unpaired) electrons. The fourth-order valence-corrected chi connectivity index (χ4v) is 4.59. The van der Waals surface area contributed by atoms with Gasteiger partial charge in [-0.2, -0.15) is 4.31 Å². The number of nitrogens with zero attached hydrogens (tertiary/aromatic N) is 1. The van der Waals surface area contributed by atoms with Gasteiger partial charge in [0.2, 0.25) is 15.9 Å². The lowest BCUT2D eigenvalue weighted by Crippen LogP contribution is -2.42. The summed E-state index contributed by atoms with van der Waals surface area (Å²) in [4.78, 5) is 12.6. The molecule has 1 aliphatic heterocycles. The summed E-state index contributed by atoms with van der Waals surface area (Å²) in [5.74, 6) is 0.482. The molecule has 1 amide bonds. The van der Waals surface area contributed by atoms with Crippen LogP contribution >= 0.6 is 0 Å². The Hall–Kier alpha value is -2.12. The summed E-state index contributed by atoms with van der Waals surface area (Å²) in [5.41, 5.74) is 0.910. The van der Waals surface area contributed by atoms with Crippen LogP contribution in [0.4, 0.5) is 0 Å².